The number of rotatable bonds is 5. The molecule has 1 atom stereocenters. The zero-order valence-corrected chi connectivity index (χ0v) is 17.7. The Balaban J connectivity index is 1.83. The van der Waals surface area contributed by atoms with E-state index in [1.165, 1.54) is 11.1 Å². The van der Waals surface area contributed by atoms with Crippen LogP contribution in [0.1, 0.15) is 25.0 Å². The lowest BCUT2D eigenvalue weighted by atomic mass is 9.90. The second kappa shape index (κ2) is 8.78. The molecule has 1 aliphatic rings. The second-order valence-corrected chi connectivity index (χ2v) is 8.08. The Kier molecular flexibility index (Phi) is 6.38. The Bertz CT molecular complexity index is 876. The lowest BCUT2D eigenvalue weighted by molar-refractivity contribution is -0.167. The average molecular weight is 395 g/mol. The minimum Gasteiger partial charge on any atom is -0.361 e. The van der Waals surface area contributed by atoms with Gasteiger partial charge in [-0.1, -0.05) is 67.9 Å². The van der Waals surface area contributed by atoms with Crippen LogP contribution in [0.5, 0.6) is 0 Å². The maximum absolute atomic E-state index is 12.8. The molecule has 1 fully saturated rings. The smallest absolute Gasteiger partial charge is 0.254 e. The van der Waals surface area contributed by atoms with Crippen LogP contribution in [0.4, 0.5) is 0 Å². The van der Waals surface area contributed by atoms with Gasteiger partial charge in [0.1, 0.15) is 0 Å². The summed E-state index contributed by atoms with van der Waals surface area (Å²) >= 11 is 0. The van der Waals surface area contributed by atoms with E-state index in [2.05, 4.69) is 48.6 Å². The maximum atomic E-state index is 12.8. The van der Waals surface area contributed by atoms with Crippen molar-refractivity contribution in [2.45, 2.75) is 32.8 Å². The first-order chi connectivity index (χ1) is 13.8. The number of nitrogens with zero attached hydrogens (tertiary/aromatic N) is 1. The summed E-state index contributed by atoms with van der Waals surface area (Å²) in [5.41, 5.74) is 3.45. The first-order valence-corrected chi connectivity index (χ1v) is 10.2. The molecular weight excluding hydrogens is 364 g/mol. The van der Waals surface area contributed by atoms with E-state index in [1.807, 2.05) is 26.0 Å². The predicted octanol–water partition coefficient (Wildman–Crippen LogP) is 3.20. The Hall–Kier alpha value is -2.66. The Morgan fingerprint density at radius 1 is 1.14 bits per heavy atom. The van der Waals surface area contributed by atoms with E-state index in [9.17, 15) is 9.59 Å². The number of benzene rings is 2. The standard InChI is InChI=1S/C24H30N2O3/c1-17(2)22(27)26-12-13-29-24(16-26,23(28)25-4)15-19-8-10-20(11-9-19)21-7-5-6-18(3)14-21/h5-11,14,17H,12-13,15-16H2,1-4H3,(H,25,28). The first-order valence-electron chi connectivity index (χ1n) is 10.2. The van der Waals surface area contributed by atoms with Crippen molar-refractivity contribution in [3.05, 3.63) is 59.7 Å². The molecule has 0 aliphatic carbocycles. The number of morpholine rings is 1. The van der Waals surface area contributed by atoms with Gasteiger partial charge in [-0.25, -0.2) is 0 Å². The van der Waals surface area contributed by atoms with Gasteiger partial charge in [0.05, 0.1) is 13.2 Å². The third kappa shape index (κ3) is 4.67. The van der Waals surface area contributed by atoms with E-state index in [1.54, 1.807) is 11.9 Å². The molecule has 5 heteroatoms. The molecule has 0 aromatic heterocycles. The number of carbonyl (C=O) groups is 2. The summed E-state index contributed by atoms with van der Waals surface area (Å²) in [6.45, 7) is 6.97. The summed E-state index contributed by atoms with van der Waals surface area (Å²) in [5.74, 6) is -0.248. The van der Waals surface area contributed by atoms with Gasteiger partial charge in [0.2, 0.25) is 5.91 Å². The van der Waals surface area contributed by atoms with Gasteiger partial charge in [0.25, 0.3) is 5.91 Å². The van der Waals surface area contributed by atoms with Crippen LogP contribution in [0.2, 0.25) is 0 Å². The highest BCUT2D eigenvalue weighted by molar-refractivity contribution is 5.87. The minimum absolute atomic E-state index is 0.0522. The molecular formula is C24H30N2O3. The third-order valence-corrected chi connectivity index (χ3v) is 5.43. The molecule has 0 saturated carbocycles. The summed E-state index contributed by atoms with van der Waals surface area (Å²) in [6.07, 6.45) is 0.419. The maximum Gasteiger partial charge on any atom is 0.254 e. The van der Waals surface area contributed by atoms with Crippen LogP contribution in [0.15, 0.2) is 48.5 Å². The average Bonchev–Trinajstić information content (AvgIpc) is 2.73. The molecule has 1 aliphatic heterocycles. The van der Waals surface area contributed by atoms with Gasteiger partial charge in [-0.3, -0.25) is 9.59 Å². The third-order valence-electron chi connectivity index (χ3n) is 5.43. The zero-order chi connectivity index (χ0) is 21.0. The number of likely N-dealkylation sites (N-methyl/N-ethyl adjacent to an activating group) is 1. The monoisotopic (exact) mass is 394 g/mol. The van der Waals surface area contributed by atoms with Crippen LogP contribution in [0.3, 0.4) is 0 Å². The van der Waals surface area contributed by atoms with Gasteiger partial charge in [-0.15, -0.1) is 0 Å². The molecule has 0 spiro atoms. The van der Waals surface area contributed by atoms with Crippen LogP contribution in [-0.4, -0.2) is 49.1 Å². The van der Waals surface area contributed by atoms with Gasteiger partial charge in [-0.2, -0.15) is 0 Å². The largest absolute Gasteiger partial charge is 0.361 e. The molecule has 2 aromatic carbocycles. The summed E-state index contributed by atoms with van der Waals surface area (Å²) in [7, 11) is 1.61. The first kappa shape index (κ1) is 21.1. The van der Waals surface area contributed by atoms with Crippen molar-refractivity contribution in [2.75, 3.05) is 26.7 Å². The van der Waals surface area contributed by atoms with E-state index >= 15 is 0 Å². The molecule has 0 bridgehead atoms. The fraction of sp³-hybridized carbons (Fsp3) is 0.417. The summed E-state index contributed by atoms with van der Waals surface area (Å²) in [5, 5.41) is 2.73. The van der Waals surface area contributed by atoms with E-state index in [4.69, 9.17) is 4.74 Å². The SMILES string of the molecule is CNC(=O)C1(Cc2ccc(-c3cccc(C)c3)cc2)CN(C(=O)C(C)C)CCO1. The molecule has 1 heterocycles. The Morgan fingerprint density at radius 2 is 1.86 bits per heavy atom. The van der Waals surface area contributed by atoms with Gasteiger partial charge in [0.15, 0.2) is 5.60 Å². The van der Waals surface area contributed by atoms with Gasteiger partial charge >= 0.3 is 0 Å². The lowest BCUT2D eigenvalue weighted by Gasteiger charge is -2.42. The molecule has 154 valence electrons. The number of hydrogen-bond acceptors (Lipinski definition) is 3. The summed E-state index contributed by atoms with van der Waals surface area (Å²) < 4.78 is 6.01. The van der Waals surface area contributed by atoms with Crippen LogP contribution in [0.25, 0.3) is 11.1 Å². The van der Waals surface area contributed by atoms with E-state index in [-0.39, 0.29) is 24.3 Å². The molecule has 3 rings (SSSR count). The minimum atomic E-state index is -1.07. The highest BCUT2D eigenvalue weighted by atomic mass is 16.5. The molecule has 2 amide bonds. The molecule has 1 saturated heterocycles. The van der Waals surface area contributed by atoms with E-state index in [0.29, 0.717) is 19.6 Å². The zero-order valence-electron chi connectivity index (χ0n) is 17.7. The van der Waals surface area contributed by atoms with Crippen molar-refractivity contribution in [3.63, 3.8) is 0 Å². The number of carbonyl (C=O) groups excluding carboxylic acids is 2. The van der Waals surface area contributed by atoms with Crippen molar-refractivity contribution < 1.29 is 14.3 Å². The van der Waals surface area contributed by atoms with Crippen molar-refractivity contribution in [2.24, 2.45) is 5.92 Å². The quantitative estimate of drug-likeness (QED) is 0.847. The summed E-state index contributed by atoms with van der Waals surface area (Å²) in [6, 6.07) is 16.6. The van der Waals surface area contributed by atoms with E-state index in [0.717, 1.165) is 11.1 Å². The topological polar surface area (TPSA) is 58.6 Å². The Labute approximate surface area is 173 Å². The van der Waals surface area contributed by atoms with Gasteiger partial charge < -0.3 is 15.0 Å². The van der Waals surface area contributed by atoms with Crippen LogP contribution >= 0.6 is 0 Å². The van der Waals surface area contributed by atoms with Gasteiger partial charge in [-0.05, 0) is 23.6 Å². The number of ether oxygens (including phenoxy) is 1. The number of nitrogens with one attached hydrogen (secondary N) is 1. The fourth-order valence-corrected chi connectivity index (χ4v) is 3.86. The predicted molar refractivity (Wildman–Crippen MR) is 114 cm³/mol. The molecule has 2 aromatic rings. The summed E-state index contributed by atoms with van der Waals surface area (Å²) in [4.78, 5) is 27.1. The van der Waals surface area contributed by atoms with Crippen molar-refractivity contribution in [1.82, 2.24) is 10.2 Å². The normalized spacial score (nSPS) is 19.3. The number of aryl methyl sites for hydroxylation is 1. The van der Waals surface area contributed by atoms with Crippen molar-refractivity contribution >= 4 is 11.8 Å². The molecule has 5 nitrogen and oxygen atoms in total. The van der Waals surface area contributed by atoms with E-state index < -0.39 is 5.60 Å². The molecule has 1 N–H and O–H groups in total. The fourth-order valence-electron chi connectivity index (χ4n) is 3.86. The second-order valence-electron chi connectivity index (χ2n) is 8.08. The number of amides is 2. The molecule has 29 heavy (non-hydrogen) atoms. The number of hydrogen-bond donors (Lipinski definition) is 1. The Morgan fingerprint density at radius 3 is 2.48 bits per heavy atom. The molecule has 0 radical (unpaired) electrons. The van der Waals surface area contributed by atoms with Crippen LogP contribution < -0.4 is 5.32 Å². The molecule has 1 unspecified atom stereocenters. The van der Waals surface area contributed by atoms with Gasteiger partial charge in [0, 0.05) is 25.9 Å². The lowest BCUT2D eigenvalue weighted by Crippen LogP contribution is -2.62. The van der Waals surface area contributed by atoms with Crippen LogP contribution in [-0.2, 0) is 20.7 Å². The highest BCUT2D eigenvalue weighted by Gasteiger charge is 2.44. The van der Waals surface area contributed by atoms with Crippen molar-refractivity contribution in [3.8, 4) is 11.1 Å². The van der Waals surface area contributed by atoms with Crippen molar-refractivity contribution in [1.29, 1.82) is 0 Å². The highest BCUT2D eigenvalue weighted by Crippen LogP contribution is 2.27. The van der Waals surface area contributed by atoms with Crippen LogP contribution in [0, 0.1) is 12.8 Å².